The van der Waals surface area contributed by atoms with E-state index in [9.17, 15) is 4.79 Å². The highest BCUT2D eigenvalue weighted by Gasteiger charge is 2.18. The number of nitrogens with zero attached hydrogens (tertiary/aromatic N) is 2. The van der Waals surface area contributed by atoms with Gasteiger partial charge in [0.05, 0.1) is 6.61 Å². The summed E-state index contributed by atoms with van der Waals surface area (Å²) in [5, 5.41) is 8.93. The minimum absolute atomic E-state index is 0.213. The van der Waals surface area contributed by atoms with Gasteiger partial charge in [0.15, 0.2) is 0 Å². The van der Waals surface area contributed by atoms with Crippen LogP contribution in [0.2, 0.25) is 0 Å². The van der Waals surface area contributed by atoms with Gasteiger partial charge in [0, 0.05) is 32.6 Å². The largest absolute Gasteiger partial charge is 0.395 e. The van der Waals surface area contributed by atoms with Crippen LogP contribution in [0.5, 0.6) is 0 Å². The van der Waals surface area contributed by atoms with Crippen molar-refractivity contribution in [2.75, 3.05) is 39.3 Å². The fraction of sp³-hybridized carbons (Fsp3) is 0.929. The molecule has 1 aliphatic heterocycles. The average molecular weight is 256 g/mol. The summed E-state index contributed by atoms with van der Waals surface area (Å²) >= 11 is 0. The van der Waals surface area contributed by atoms with Crippen LogP contribution in [0.1, 0.15) is 45.4 Å². The number of aliphatic hydroxyl groups is 1. The van der Waals surface area contributed by atoms with Crippen LogP contribution in [0.3, 0.4) is 0 Å². The van der Waals surface area contributed by atoms with E-state index in [1.807, 2.05) is 4.90 Å². The zero-order chi connectivity index (χ0) is 13.2. The maximum absolute atomic E-state index is 12.0. The van der Waals surface area contributed by atoms with Gasteiger partial charge in [0.1, 0.15) is 0 Å². The molecule has 1 heterocycles. The molecule has 0 unspecified atom stereocenters. The Labute approximate surface area is 111 Å². The minimum atomic E-state index is 0.213. The number of rotatable bonds is 7. The summed E-state index contributed by atoms with van der Waals surface area (Å²) in [6.45, 7) is 6.75. The predicted octanol–water partition coefficient (Wildman–Crippen LogP) is 1.48. The van der Waals surface area contributed by atoms with E-state index in [-0.39, 0.29) is 6.61 Å². The molecule has 0 aromatic heterocycles. The van der Waals surface area contributed by atoms with Gasteiger partial charge < -0.3 is 10.0 Å². The fourth-order valence-corrected chi connectivity index (χ4v) is 2.45. The van der Waals surface area contributed by atoms with Crippen LogP contribution in [0.4, 0.5) is 0 Å². The highest BCUT2D eigenvalue weighted by atomic mass is 16.3. The summed E-state index contributed by atoms with van der Waals surface area (Å²) in [6.07, 6.45) is 6.39. The molecule has 0 radical (unpaired) electrons. The van der Waals surface area contributed by atoms with Crippen LogP contribution in [-0.4, -0.2) is 60.1 Å². The first-order valence-electron chi connectivity index (χ1n) is 7.39. The standard InChI is InChI=1S/C14H28N2O2/c1-2-3-4-5-7-14(18)16-9-6-8-15(10-11-16)12-13-17/h17H,2-13H2,1H3. The Balaban J connectivity index is 2.22. The lowest BCUT2D eigenvalue weighted by molar-refractivity contribution is -0.131. The van der Waals surface area contributed by atoms with Crippen molar-refractivity contribution in [1.82, 2.24) is 9.80 Å². The predicted molar refractivity (Wildman–Crippen MR) is 73.5 cm³/mol. The molecule has 0 saturated carbocycles. The lowest BCUT2D eigenvalue weighted by atomic mass is 10.1. The molecule has 0 spiro atoms. The Morgan fingerprint density at radius 3 is 2.67 bits per heavy atom. The lowest BCUT2D eigenvalue weighted by Gasteiger charge is -2.21. The first-order valence-corrected chi connectivity index (χ1v) is 7.39. The first-order chi connectivity index (χ1) is 8.77. The maximum atomic E-state index is 12.0. The Hall–Kier alpha value is -0.610. The second kappa shape index (κ2) is 9.34. The van der Waals surface area contributed by atoms with Gasteiger partial charge in [-0.3, -0.25) is 9.69 Å². The number of unbranched alkanes of at least 4 members (excludes halogenated alkanes) is 3. The molecular weight excluding hydrogens is 228 g/mol. The molecule has 0 aromatic rings. The van der Waals surface area contributed by atoms with E-state index < -0.39 is 0 Å². The molecule has 0 aromatic carbocycles. The molecule has 1 aliphatic rings. The van der Waals surface area contributed by atoms with E-state index in [4.69, 9.17) is 5.11 Å². The van der Waals surface area contributed by atoms with Gasteiger partial charge in [0.25, 0.3) is 0 Å². The number of β-amino-alcohol motifs (C(OH)–C–C–N with tert-alkyl or cyclic N) is 1. The van der Waals surface area contributed by atoms with Crippen LogP contribution in [0.25, 0.3) is 0 Å². The second-order valence-electron chi connectivity index (χ2n) is 5.11. The van der Waals surface area contributed by atoms with Crippen molar-refractivity contribution >= 4 is 5.91 Å². The third-order valence-electron chi connectivity index (χ3n) is 3.60. The van der Waals surface area contributed by atoms with Crippen molar-refractivity contribution in [3.8, 4) is 0 Å². The van der Waals surface area contributed by atoms with Crippen LogP contribution < -0.4 is 0 Å². The highest BCUT2D eigenvalue weighted by molar-refractivity contribution is 5.76. The van der Waals surface area contributed by atoms with Crippen LogP contribution in [-0.2, 0) is 4.79 Å². The molecule has 1 fully saturated rings. The molecule has 1 N–H and O–H groups in total. The third-order valence-corrected chi connectivity index (χ3v) is 3.60. The SMILES string of the molecule is CCCCCCC(=O)N1CCCN(CCO)CC1. The molecule has 0 atom stereocenters. The molecule has 106 valence electrons. The molecule has 1 rings (SSSR count). The van der Waals surface area contributed by atoms with Crippen molar-refractivity contribution < 1.29 is 9.90 Å². The molecule has 1 saturated heterocycles. The topological polar surface area (TPSA) is 43.8 Å². The summed E-state index contributed by atoms with van der Waals surface area (Å²) in [5.41, 5.74) is 0. The highest BCUT2D eigenvalue weighted by Crippen LogP contribution is 2.08. The van der Waals surface area contributed by atoms with E-state index in [1.165, 1.54) is 19.3 Å². The van der Waals surface area contributed by atoms with Crippen molar-refractivity contribution in [3.63, 3.8) is 0 Å². The Morgan fingerprint density at radius 1 is 1.11 bits per heavy atom. The van der Waals surface area contributed by atoms with E-state index in [2.05, 4.69) is 11.8 Å². The minimum Gasteiger partial charge on any atom is -0.395 e. The molecule has 1 amide bonds. The van der Waals surface area contributed by atoms with Crippen molar-refractivity contribution in [1.29, 1.82) is 0 Å². The summed E-state index contributed by atoms with van der Waals surface area (Å²) in [7, 11) is 0. The summed E-state index contributed by atoms with van der Waals surface area (Å²) in [5.74, 6) is 0.317. The number of carbonyl (C=O) groups excluding carboxylic acids is 1. The van der Waals surface area contributed by atoms with Crippen molar-refractivity contribution in [2.45, 2.75) is 45.4 Å². The second-order valence-corrected chi connectivity index (χ2v) is 5.11. The van der Waals surface area contributed by atoms with Crippen molar-refractivity contribution in [3.05, 3.63) is 0 Å². The summed E-state index contributed by atoms with van der Waals surface area (Å²) in [6, 6.07) is 0. The average Bonchev–Trinajstić information content (AvgIpc) is 2.61. The third kappa shape index (κ3) is 5.83. The van der Waals surface area contributed by atoms with Gasteiger partial charge in [-0.25, -0.2) is 0 Å². The normalized spacial score (nSPS) is 17.8. The number of carbonyl (C=O) groups is 1. The summed E-state index contributed by atoms with van der Waals surface area (Å²) in [4.78, 5) is 16.3. The van der Waals surface area contributed by atoms with E-state index >= 15 is 0 Å². The van der Waals surface area contributed by atoms with Crippen LogP contribution in [0.15, 0.2) is 0 Å². The zero-order valence-electron chi connectivity index (χ0n) is 11.7. The lowest BCUT2D eigenvalue weighted by Crippen LogP contribution is -2.35. The number of hydrogen-bond acceptors (Lipinski definition) is 3. The summed E-state index contributed by atoms with van der Waals surface area (Å²) < 4.78 is 0. The number of aliphatic hydroxyl groups excluding tert-OH is 1. The number of hydrogen-bond donors (Lipinski definition) is 1. The molecule has 18 heavy (non-hydrogen) atoms. The molecule has 4 nitrogen and oxygen atoms in total. The molecule has 4 heteroatoms. The first kappa shape index (κ1) is 15.4. The molecule has 0 bridgehead atoms. The smallest absolute Gasteiger partial charge is 0.222 e. The van der Waals surface area contributed by atoms with Gasteiger partial charge in [-0.2, -0.15) is 0 Å². The Kier molecular flexibility index (Phi) is 8.01. The van der Waals surface area contributed by atoms with Gasteiger partial charge in [-0.05, 0) is 19.4 Å². The van der Waals surface area contributed by atoms with Gasteiger partial charge in [0.2, 0.25) is 5.91 Å². The monoisotopic (exact) mass is 256 g/mol. The van der Waals surface area contributed by atoms with E-state index in [1.54, 1.807) is 0 Å². The van der Waals surface area contributed by atoms with E-state index in [0.29, 0.717) is 12.3 Å². The Bertz CT molecular complexity index is 234. The van der Waals surface area contributed by atoms with Gasteiger partial charge in [-0.1, -0.05) is 26.2 Å². The number of amides is 1. The van der Waals surface area contributed by atoms with Gasteiger partial charge in [-0.15, -0.1) is 0 Å². The quantitative estimate of drug-likeness (QED) is 0.702. The molecular formula is C14H28N2O2. The van der Waals surface area contributed by atoms with Crippen molar-refractivity contribution in [2.24, 2.45) is 0 Å². The van der Waals surface area contributed by atoms with Crippen LogP contribution in [0, 0.1) is 0 Å². The maximum Gasteiger partial charge on any atom is 0.222 e. The Morgan fingerprint density at radius 2 is 1.94 bits per heavy atom. The zero-order valence-corrected chi connectivity index (χ0v) is 11.7. The van der Waals surface area contributed by atoms with E-state index in [0.717, 1.165) is 45.6 Å². The fourth-order valence-electron chi connectivity index (χ4n) is 2.45. The molecule has 0 aliphatic carbocycles. The van der Waals surface area contributed by atoms with Gasteiger partial charge >= 0.3 is 0 Å². The van der Waals surface area contributed by atoms with Crippen LogP contribution >= 0.6 is 0 Å².